The van der Waals surface area contributed by atoms with Crippen LogP contribution in [0.1, 0.15) is 125 Å². The summed E-state index contributed by atoms with van der Waals surface area (Å²) in [6, 6.07) is 40.4. The van der Waals surface area contributed by atoms with Crippen LogP contribution in [0.5, 0.6) is 34.5 Å². The molecule has 13 heteroatoms. The second-order valence-corrected chi connectivity index (χ2v) is 18.5. The predicted molar refractivity (Wildman–Crippen MR) is 285 cm³/mol. The summed E-state index contributed by atoms with van der Waals surface area (Å²) in [5.74, 6) is 4.85. The van der Waals surface area contributed by atoms with Crippen molar-refractivity contribution in [2.24, 2.45) is 0 Å². The van der Waals surface area contributed by atoms with Gasteiger partial charge in [0.1, 0.15) is 60.8 Å². The third-order valence-electron chi connectivity index (χ3n) is 12.4. The number of hydrogen-bond donors (Lipinski definition) is 3. The number of quaternary nitrogens is 1. The quantitative estimate of drug-likeness (QED) is 0.137. The molecule has 5 aromatic carbocycles. The highest BCUT2D eigenvalue weighted by Crippen LogP contribution is 2.23. The molecule has 13 nitrogen and oxygen atoms in total. The van der Waals surface area contributed by atoms with E-state index in [-0.39, 0.29) is 12.2 Å². The summed E-state index contributed by atoms with van der Waals surface area (Å²) in [6.07, 6.45) is 14.6. The minimum absolute atomic E-state index is 0.345. The largest absolute Gasteiger partial charge is 0.494 e. The van der Waals surface area contributed by atoms with Gasteiger partial charge in [-0.15, -0.1) is 0 Å². The van der Waals surface area contributed by atoms with Gasteiger partial charge < -0.3 is 53.8 Å². The lowest BCUT2D eigenvalue weighted by Gasteiger charge is -2.11. The zero-order valence-electron chi connectivity index (χ0n) is 43.0. The molecule has 4 aliphatic heterocycles. The van der Waals surface area contributed by atoms with Crippen LogP contribution >= 0.6 is 0 Å². The van der Waals surface area contributed by atoms with Gasteiger partial charge in [-0.25, -0.2) is 9.59 Å². The third-order valence-corrected chi connectivity index (χ3v) is 12.4. The number of alkyl carbamates (subject to hydrolysis) is 2. The molecule has 5 aromatic rings. The number of fused-ring (bicyclic) bond motifs is 3. The van der Waals surface area contributed by atoms with Crippen LogP contribution in [0.2, 0.25) is 0 Å². The van der Waals surface area contributed by atoms with Crippen molar-refractivity contribution in [1.29, 1.82) is 0 Å². The molecule has 0 aliphatic carbocycles. The lowest BCUT2D eigenvalue weighted by molar-refractivity contribution is -0.686. The maximum Gasteiger partial charge on any atom is 0.407 e. The molecule has 2 amide bonds. The Morgan fingerprint density at radius 2 is 0.603 bits per heavy atom. The molecule has 10 bridgehead atoms. The lowest BCUT2D eigenvalue weighted by atomic mass is 10.1. The molecule has 4 N–H and O–H groups in total. The standard InChI is InChI=1S/C60H79N3O10/c64-59-62-35-9-1-3-11-39-68-55-19-17-21-57(43-55)72-47-51-23-25-52(26-24-51)48-73-58-22-18-20-56(44-58)69-40-12-4-2-10-36-63-60(65)71-42-16-8-6-14-38-67-54-33-29-50(30-34-54)46-61-45-49-27-31-53(32-28-49)66-37-13-5-7-15-41-70-59/h17-34,43-44,61H,1-16,35-42,45-48H2,(H,62,64)(H,63,65)/p+1. The Kier molecular flexibility index (Phi) is 26.5. The maximum atomic E-state index is 12.1. The Balaban J connectivity index is 0.866. The zero-order valence-corrected chi connectivity index (χ0v) is 43.0. The molecule has 0 aromatic heterocycles. The fraction of sp³-hybridized carbons (Fsp3) is 0.467. The van der Waals surface area contributed by atoms with Crippen molar-refractivity contribution in [2.75, 3.05) is 52.7 Å². The highest BCUT2D eigenvalue weighted by molar-refractivity contribution is 5.67. The number of rotatable bonds is 0. The Morgan fingerprint density at radius 3 is 0.973 bits per heavy atom. The first kappa shape index (κ1) is 55.7. The lowest BCUT2D eigenvalue weighted by Crippen LogP contribution is -2.80. The van der Waals surface area contributed by atoms with E-state index in [0.717, 1.165) is 161 Å². The van der Waals surface area contributed by atoms with Crippen molar-refractivity contribution in [3.05, 3.63) is 144 Å². The van der Waals surface area contributed by atoms with E-state index >= 15 is 0 Å². The Labute approximate surface area is 433 Å². The summed E-state index contributed by atoms with van der Waals surface area (Å²) in [5, 5.41) is 8.04. The Morgan fingerprint density at radius 1 is 0.301 bits per heavy atom. The van der Waals surface area contributed by atoms with Gasteiger partial charge in [0.2, 0.25) is 0 Å². The average molecular weight is 1000 g/mol. The summed E-state index contributed by atoms with van der Waals surface area (Å²) in [7, 11) is 0. The van der Waals surface area contributed by atoms with Gasteiger partial charge >= 0.3 is 12.2 Å². The van der Waals surface area contributed by atoms with Gasteiger partial charge in [-0.2, -0.15) is 0 Å². The molecule has 73 heavy (non-hydrogen) atoms. The van der Waals surface area contributed by atoms with E-state index in [0.29, 0.717) is 65.9 Å². The van der Waals surface area contributed by atoms with Gasteiger partial charge in [0.25, 0.3) is 0 Å². The molecule has 0 fully saturated rings. The minimum Gasteiger partial charge on any atom is -0.494 e. The summed E-state index contributed by atoms with van der Waals surface area (Å²) in [6.45, 7) is 7.28. The highest BCUT2D eigenvalue weighted by atomic mass is 16.6. The number of nitrogens with two attached hydrogens (primary N) is 1. The van der Waals surface area contributed by atoms with Crippen molar-refractivity contribution >= 4 is 12.2 Å². The van der Waals surface area contributed by atoms with E-state index < -0.39 is 0 Å². The second-order valence-electron chi connectivity index (χ2n) is 18.5. The van der Waals surface area contributed by atoms with Crippen LogP contribution in [-0.4, -0.2) is 64.9 Å². The fourth-order valence-corrected chi connectivity index (χ4v) is 8.07. The van der Waals surface area contributed by atoms with Crippen molar-refractivity contribution in [3.8, 4) is 34.5 Å². The van der Waals surface area contributed by atoms with Crippen LogP contribution in [0.25, 0.3) is 0 Å². The highest BCUT2D eigenvalue weighted by Gasteiger charge is 2.07. The molecule has 0 saturated heterocycles. The first-order valence-corrected chi connectivity index (χ1v) is 26.9. The number of amides is 2. The number of benzene rings is 5. The molecular formula is C60H80N3O10+. The van der Waals surface area contributed by atoms with E-state index in [1.54, 1.807) is 0 Å². The van der Waals surface area contributed by atoms with E-state index in [9.17, 15) is 9.59 Å². The van der Waals surface area contributed by atoms with Gasteiger partial charge in [-0.1, -0.05) is 62.1 Å². The fourth-order valence-electron chi connectivity index (χ4n) is 8.07. The maximum absolute atomic E-state index is 12.1. The van der Waals surface area contributed by atoms with Crippen molar-refractivity contribution in [3.63, 3.8) is 0 Å². The SMILES string of the molecule is O=C1NCCCCCCOc2cccc(c2)OCc2ccc(cc2)COc2cccc(c2)OCCCCCCNC(=O)OCCCCCCOc2ccc(cc2)C[NH2+]Cc2ccc(cc2)OCCCCCCO1. The summed E-state index contributed by atoms with van der Waals surface area (Å²) < 4.78 is 46.9. The number of ether oxygens (including phenoxy) is 8. The van der Waals surface area contributed by atoms with Crippen molar-refractivity contribution < 1.29 is 52.8 Å². The minimum atomic E-state index is -0.345. The van der Waals surface area contributed by atoms with Gasteiger partial charge in [-0.3, -0.25) is 0 Å². The van der Waals surface area contributed by atoms with Crippen LogP contribution in [0.3, 0.4) is 0 Å². The van der Waals surface area contributed by atoms with Gasteiger partial charge in [0.15, 0.2) is 0 Å². The molecule has 4 heterocycles. The monoisotopic (exact) mass is 1000 g/mol. The molecule has 0 atom stereocenters. The van der Waals surface area contributed by atoms with Crippen LogP contribution in [0.15, 0.2) is 121 Å². The van der Waals surface area contributed by atoms with Gasteiger partial charge in [0, 0.05) is 36.3 Å². The molecule has 0 unspecified atom stereocenters. The summed E-state index contributed by atoms with van der Waals surface area (Å²) >= 11 is 0. The molecular weight excluding hydrogens is 923 g/mol. The Bertz CT molecular complexity index is 2100. The molecule has 0 radical (unpaired) electrons. The zero-order chi connectivity index (χ0) is 50.6. The molecule has 0 spiro atoms. The topological polar surface area (TPSA) is 149 Å². The predicted octanol–water partition coefficient (Wildman–Crippen LogP) is 12.0. The second kappa shape index (κ2) is 34.7. The molecule has 0 saturated carbocycles. The number of nitrogens with one attached hydrogen (secondary N) is 2. The summed E-state index contributed by atoms with van der Waals surface area (Å²) in [5.41, 5.74) is 4.62. The first-order valence-electron chi connectivity index (χ1n) is 26.9. The number of carbonyl (C=O) groups is 2. The van der Waals surface area contributed by atoms with E-state index in [1.807, 2.05) is 72.8 Å². The smallest absolute Gasteiger partial charge is 0.407 e. The van der Waals surface area contributed by atoms with Crippen LogP contribution in [-0.2, 0) is 35.8 Å². The third kappa shape index (κ3) is 24.6. The van der Waals surface area contributed by atoms with Crippen molar-refractivity contribution in [2.45, 2.75) is 129 Å². The molecule has 9 rings (SSSR count). The normalized spacial score (nSPS) is 17.4. The summed E-state index contributed by atoms with van der Waals surface area (Å²) in [4.78, 5) is 24.3. The van der Waals surface area contributed by atoms with Crippen LogP contribution in [0, 0.1) is 0 Å². The van der Waals surface area contributed by atoms with Gasteiger partial charge in [-0.05, 0) is 161 Å². The van der Waals surface area contributed by atoms with Gasteiger partial charge in [0.05, 0.1) is 39.6 Å². The Hall–Kier alpha value is -6.60. The van der Waals surface area contributed by atoms with E-state index in [2.05, 4.69) is 64.5 Å². The molecule has 4 aliphatic rings. The van der Waals surface area contributed by atoms with Crippen molar-refractivity contribution in [1.82, 2.24) is 10.6 Å². The molecule has 394 valence electrons. The van der Waals surface area contributed by atoms with E-state index in [1.165, 1.54) is 11.1 Å². The number of hydrogen-bond acceptors (Lipinski definition) is 10. The first-order chi connectivity index (χ1) is 36.0. The number of carbonyl (C=O) groups excluding carboxylic acids is 2. The van der Waals surface area contributed by atoms with Crippen LogP contribution in [0.4, 0.5) is 9.59 Å². The van der Waals surface area contributed by atoms with Crippen LogP contribution < -0.4 is 44.4 Å². The average Bonchev–Trinajstić information content (AvgIpc) is 3.41. The van der Waals surface area contributed by atoms with E-state index in [4.69, 9.17) is 37.9 Å².